The van der Waals surface area contributed by atoms with Crippen LogP contribution in [-0.2, 0) is 10.0 Å². The van der Waals surface area contributed by atoms with Gasteiger partial charge in [-0.3, -0.25) is 0 Å². The molecule has 7 N–H and O–H groups in total. The quantitative estimate of drug-likeness (QED) is 0.203. The molecule has 0 bridgehead atoms. The average Bonchev–Trinajstić information content (AvgIpc) is 3.70. The Labute approximate surface area is 254 Å². The van der Waals surface area contributed by atoms with Gasteiger partial charge in [0.15, 0.2) is 17.0 Å². The lowest BCUT2D eigenvalue weighted by Crippen LogP contribution is -2.51. The zero-order chi connectivity index (χ0) is 29.8. The van der Waals surface area contributed by atoms with Crippen molar-refractivity contribution in [1.82, 2.24) is 29.4 Å². The topological polar surface area (TPSA) is 169 Å². The minimum atomic E-state index is -3.77. The van der Waals surface area contributed by atoms with Gasteiger partial charge in [-0.25, -0.2) is 18.8 Å². The fraction of sp³-hybridized carbons (Fsp3) is 0.633. The maximum absolute atomic E-state index is 13.7. The van der Waals surface area contributed by atoms with Crippen LogP contribution in [-0.4, -0.2) is 69.6 Å². The van der Waals surface area contributed by atoms with E-state index < -0.39 is 10.0 Å². The molecule has 13 heteroatoms. The number of rotatable bonds is 11. The van der Waals surface area contributed by atoms with Crippen LogP contribution < -0.4 is 27.5 Å². The van der Waals surface area contributed by atoms with Gasteiger partial charge in [0.2, 0.25) is 5.95 Å². The van der Waals surface area contributed by atoms with E-state index in [9.17, 15) is 8.42 Å². The summed E-state index contributed by atoms with van der Waals surface area (Å²) in [7, 11) is -3.77. The molecule has 43 heavy (non-hydrogen) atoms. The first kappa shape index (κ1) is 30.2. The molecule has 2 aromatic heterocycles. The Kier molecular flexibility index (Phi) is 9.43. The summed E-state index contributed by atoms with van der Waals surface area (Å²) in [5.41, 5.74) is 17.1. The molecule has 12 nitrogen and oxygen atoms in total. The van der Waals surface area contributed by atoms with Crippen molar-refractivity contribution in [2.75, 3.05) is 23.7 Å². The second kappa shape index (κ2) is 13.4. The van der Waals surface area contributed by atoms with Gasteiger partial charge in [0, 0.05) is 43.3 Å². The maximum atomic E-state index is 13.7. The summed E-state index contributed by atoms with van der Waals surface area (Å²) >= 11 is 0. The van der Waals surface area contributed by atoms with E-state index in [-0.39, 0.29) is 35.6 Å². The first-order valence-corrected chi connectivity index (χ1v) is 17.4. The lowest BCUT2D eigenvalue weighted by atomic mass is 9.92. The van der Waals surface area contributed by atoms with Crippen molar-refractivity contribution in [3.05, 3.63) is 36.7 Å². The highest BCUT2D eigenvalue weighted by Crippen LogP contribution is 2.33. The van der Waals surface area contributed by atoms with Gasteiger partial charge in [0.25, 0.3) is 10.0 Å². The molecule has 3 aromatic rings. The first-order chi connectivity index (χ1) is 20.9. The van der Waals surface area contributed by atoms with E-state index in [1.54, 1.807) is 24.3 Å². The largest absolute Gasteiger partial charge is 0.367 e. The van der Waals surface area contributed by atoms with Gasteiger partial charge < -0.3 is 26.7 Å². The second-order valence-electron chi connectivity index (χ2n) is 12.5. The molecule has 6 rings (SSSR count). The summed E-state index contributed by atoms with van der Waals surface area (Å²) < 4.78 is 31.0. The Balaban J connectivity index is 1.23. The number of nitrogens with zero attached hydrogens (tertiary/aromatic N) is 5. The van der Waals surface area contributed by atoms with E-state index >= 15 is 0 Å². The molecule has 0 amide bonds. The van der Waals surface area contributed by atoms with Crippen molar-refractivity contribution in [3.63, 3.8) is 0 Å². The Morgan fingerprint density at radius 3 is 2.19 bits per heavy atom. The van der Waals surface area contributed by atoms with Gasteiger partial charge >= 0.3 is 0 Å². The molecule has 0 spiro atoms. The van der Waals surface area contributed by atoms with Gasteiger partial charge in [-0.15, -0.1) is 4.41 Å². The van der Waals surface area contributed by atoms with Crippen LogP contribution in [0.5, 0.6) is 0 Å². The van der Waals surface area contributed by atoms with Crippen molar-refractivity contribution in [2.24, 2.45) is 11.5 Å². The Hall–Kier alpha value is -2.84. The smallest absolute Gasteiger partial charge is 0.255 e. The van der Waals surface area contributed by atoms with Crippen molar-refractivity contribution in [3.8, 4) is 0 Å². The van der Waals surface area contributed by atoms with Crippen molar-refractivity contribution < 1.29 is 8.42 Å². The van der Waals surface area contributed by atoms with Crippen molar-refractivity contribution in [2.45, 2.75) is 112 Å². The number of imidazole rings is 1. The van der Waals surface area contributed by atoms with E-state index in [0.717, 1.165) is 69.9 Å². The monoisotopic (exact) mass is 610 g/mol. The molecule has 3 saturated carbocycles. The molecule has 0 aliphatic heterocycles. The summed E-state index contributed by atoms with van der Waals surface area (Å²) in [6.07, 6.45) is 13.9. The molecule has 3 aliphatic carbocycles. The third-order valence-electron chi connectivity index (χ3n) is 9.28. The number of hydrogen-bond donors (Lipinski definition) is 5. The van der Waals surface area contributed by atoms with Crippen LogP contribution in [0.4, 0.5) is 11.8 Å². The van der Waals surface area contributed by atoms with Crippen LogP contribution in [0, 0.1) is 0 Å². The van der Waals surface area contributed by atoms with Crippen LogP contribution in [0.3, 0.4) is 0 Å². The minimum Gasteiger partial charge on any atom is -0.367 e. The number of sulfonamides is 1. The van der Waals surface area contributed by atoms with Crippen LogP contribution in [0.25, 0.3) is 11.2 Å². The van der Waals surface area contributed by atoms with Crippen molar-refractivity contribution >= 4 is 33.0 Å². The molecule has 3 fully saturated rings. The normalized spacial score (nSPS) is 25.4. The highest BCUT2D eigenvalue weighted by molar-refractivity contribution is 7.89. The summed E-state index contributed by atoms with van der Waals surface area (Å²) in [5.74, 6) is 1.18. The number of hydrogen-bond acceptors (Lipinski definition) is 10. The Morgan fingerprint density at radius 2 is 1.51 bits per heavy atom. The first-order valence-electron chi connectivity index (χ1n) is 16.0. The minimum absolute atomic E-state index is 0.0468. The Morgan fingerprint density at radius 1 is 0.860 bits per heavy atom. The van der Waals surface area contributed by atoms with Crippen LogP contribution in [0.15, 0.2) is 41.6 Å². The predicted molar refractivity (Wildman–Crippen MR) is 169 cm³/mol. The maximum Gasteiger partial charge on any atom is 0.255 e. The van der Waals surface area contributed by atoms with Gasteiger partial charge in [-0.05, 0) is 76.3 Å². The molecular formula is C30H46N10O2S. The van der Waals surface area contributed by atoms with E-state index in [1.165, 1.54) is 17.3 Å². The van der Waals surface area contributed by atoms with E-state index in [0.29, 0.717) is 29.9 Å². The highest BCUT2D eigenvalue weighted by Gasteiger charge is 2.29. The van der Waals surface area contributed by atoms with Gasteiger partial charge in [-0.1, -0.05) is 31.0 Å². The summed E-state index contributed by atoms with van der Waals surface area (Å²) in [4.78, 5) is 14.8. The number of aromatic nitrogens is 4. The molecule has 234 valence electrons. The third-order valence-corrected chi connectivity index (χ3v) is 11.0. The molecule has 0 atom stereocenters. The molecule has 0 saturated heterocycles. The lowest BCUT2D eigenvalue weighted by molar-refractivity contribution is 0.228. The number of anilines is 2. The zero-order valence-corrected chi connectivity index (χ0v) is 25.7. The number of benzene rings is 1. The van der Waals surface area contributed by atoms with Crippen LogP contribution >= 0.6 is 0 Å². The standard InChI is InChI=1S/C30H46N10O2S/c31-21-10-14-23(15-11-21)35-30-36-28(27-29(37-30)39(20-34-27)25-6-4-5-7-25)33-18-19-40(38-24-16-12-22(32)13-17-24)43(41,42)26-8-2-1-3-9-26/h1-3,8-9,20-25,38H,4-7,10-19,31-32H2,(H2,33,35,36,37). The summed E-state index contributed by atoms with van der Waals surface area (Å²) in [6, 6.07) is 9.71. The third kappa shape index (κ3) is 7.12. The molecule has 3 aliphatic rings. The molecule has 1 aromatic carbocycles. The molecule has 2 heterocycles. The molecule has 0 radical (unpaired) electrons. The number of nitrogens with one attached hydrogen (secondary N) is 3. The lowest BCUT2D eigenvalue weighted by Gasteiger charge is -2.32. The number of nitrogens with two attached hydrogens (primary N) is 2. The van der Waals surface area contributed by atoms with E-state index in [4.69, 9.17) is 26.4 Å². The van der Waals surface area contributed by atoms with E-state index in [1.807, 2.05) is 12.4 Å². The fourth-order valence-corrected chi connectivity index (χ4v) is 8.08. The van der Waals surface area contributed by atoms with Crippen LogP contribution in [0.1, 0.15) is 83.1 Å². The predicted octanol–water partition coefficient (Wildman–Crippen LogP) is 3.50. The summed E-state index contributed by atoms with van der Waals surface area (Å²) in [5, 5.41) is 6.98. The van der Waals surface area contributed by atoms with Gasteiger partial charge in [0.05, 0.1) is 11.2 Å². The number of fused-ring (bicyclic) bond motifs is 1. The molecular weight excluding hydrogens is 564 g/mol. The zero-order valence-electron chi connectivity index (χ0n) is 24.9. The molecule has 0 unspecified atom stereocenters. The second-order valence-corrected chi connectivity index (χ2v) is 14.3. The van der Waals surface area contributed by atoms with E-state index in [2.05, 4.69) is 20.6 Å². The number of hydrazine groups is 1. The van der Waals surface area contributed by atoms with Gasteiger partial charge in [-0.2, -0.15) is 9.97 Å². The van der Waals surface area contributed by atoms with Crippen LogP contribution in [0.2, 0.25) is 0 Å². The van der Waals surface area contributed by atoms with Crippen molar-refractivity contribution in [1.29, 1.82) is 0 Å². The summed E-state index contributed by atoms with van der Waals surface area (Å²) in [6.45, 7) is 0.545. The fourth-order valence-electron chi connectivity index (χ4n) is 6.70. The SMILES string of the molecule is NC1CCC(Nc2nc(NCCN(NC3CCC(N)CC3)S(=O)(=O)c3ccccc3)c3ncn(C4CCCC4)c3n2)CC1. The Bertz CT molecular complexity index is 1440. The highest BCUT2D eigenvalue weighted by atomic mass is 32.2. The van der Waals surface area contributed by atoms with Gasteiger partial charge in [0.1, 0.15) is 0 Å². The average molecular weight is 611 g/mol.